The molecule has 0 saturated carbocycles. The van der Waals surface area contributed by atoms with Gasteiger partial charge in [-0.1, -0.05) is 6.07 Å². The molecule has 0 bridgehead atoms. The van der Waals surface area contributed by atoms with Gasteiger partial charge in [-0.15, -0.1) is 10.2 Å². The number of H-pyrrole nitrogens is 1. The van der Waals surface area contributed by atoms with E-state index >= 15 is 0 Å². The monoisotopic (exact) mass is 366 g/mol. The molecule has 0 unspecified atom stereocenters. The fraction of sp³-hybridized carbons (Fsp3) is 0.316. The lowest BCUT2D eigenvalue weighted by atomic mass is 10.1. The molecular formula is C19H22N6O2. The average Bonchev–Trinajstić information content (AvgIpc) is 2.71. The molecule has 8 nitrogen and oxygen atoms in total. The third kappa shape index (κ3) is 5.34. The molecule has 8 heteroatoms. The van der Waals surface area contributed by atoms with E-state index in [0.717, 1.165) is 36.3 Å². The van der Waals surface area contributed by atoms with Gasteiger partial charge in [-0.05, 0) is 43.0 Å². The molecule has 3 rings (SSSR count). The fourth-order valence-electron chi connectivity index (χ4n) is 2.67. The highest BCUT2D eigenvalue weighted by molar-refractivity contribution is 5.27. The van der Waals surface area contributed by atoms with Crippen LogP contribution in [0.5, 0.6) is 5.75 Å². The summed E-state index contributed by atoms with van der Waals surface area (Å²) in [5.74, 6) is 1.19. The first-order valence-corrected chi connectivity index (χ1v) is 8.83. The molecule has 3 heterocycles. The zero-order valence-electron chi connectivity index (χ0n) is 15.2. The van der Waals surface area contributed by atoms with Crippen LogP contribution in [0.15, 0.2) is 47.7 Å². The minimum atomic E-state index is -0.241. The Labute approximate surface area is 157 Å². The Morgan fingerprint density at radius 1 is 1.11 bits per heavy atom. The molecule has 0 aliphatic rings. The number of unbranched alkanes of at least 4 members (excludes halogenated alkanes) is 1. The average molecular weight is 366 g/mol. The zero-order valence-corrected chi connectivity index (χ0v) is 15.2. The van der Waals surface area contributed by atoms with Crippen LogP contribution in [-0.2, 0) is 12.8 Å². The molecule has 0 amide bonds. The van der Waals surface area contributed by atoms with Gasteiger partial charge in [0.2, 0.25) is 5.95 Å². The summed E-state index contributed by atoms with van der Waals surface area (Å²) < 4.78 is 5.30. The summed E-state index contributed by atoms with van der Waals surface area (Å²) in [7, 11) is 1.65. The summed E-state index contributed by atoms with van der Waals surface area (Å²) >= 11 is 0. The second kappa shape index (κ2) is 9.42. The number of pyridine rings is 2. The Bertz CT molecular complexity index is 913. The van der Waals surface area contributed by atoms with Crippen LogP contribution in [0.25, 0.3) is 0 Å². The van der Waals surface area contributed by atoms with E-state index < -0.39 is 0 Å². The van der Waals surface area contributed by atoms with Gasteiger partial charge in [0, 0.05) is 31.6 Å². The number of aromatic nitrogens is 5. The Balaban J connectivity index is 1.46. The first kappa shape index (κ1) is 18.5. The summed E-state index contributed by atoms with van der Waals surface area (Å²) in [6.45, 7) is 0.682. The van der Waals surface area contributed by atoms with E-state index in [1.54, 1.807) is 25.7 Å². The number of methoxy groups -OCH3 is 1. The van der Waals surface area contributed by atoms with E-state index in [2.05, 4.69) is 30.5 Å². The van der Waals surface area contributed by atoms with Gasteiger partial charge in [-0.2, -0.15) is 0 Å². The highest BCUT2D eigenvalue weighted by Crippen LogP contribution is 2.16. The highest BCUT2D eigenvalue weighted by Gasteiger charge is 2.06. The summed E-state index contributed by atoms with van der Waals surface area (Å²) in [4.78, 5) is 23.3. The van der Waals surface area contributed by atoms with Crippen LogP contribution in [0.4, 0.5) is 5.95 Å². The number of aryl methyl sites for hydroxylation is 1. The van der Waals surface area contributed by atoms with E-state index in [1.165, 1.54) is 0 Å². The van der Waals surface area contributed by atoms with Crippen molar-refractivity contribution < 1.29 is 4.74 Å². The Morgan fingerprint density at radius 3 is 2.78 bits per heavy atom. The first-order valence-electron chi connectivity index (χ1n) is 8.83. The van der Waals surface area contributed by atoms with Crippen molar-refractivity contribution in [2.24, 2.45) is 0 Å². The van der Waals surface area contributed by atoms with Crippen molar-refractivity contribution in [2.45, 2.75) is 25.7 Å². The van der Waals surface area contributed by atoms with Crippen molar-refractivity contribution in [3.8, 4) is 5.75 Å². The number of aromatic amines is 1. The Hall–Kier alpha value is -3.29. The quantitative estimate of drug-likeness (QED) is 0.558. The zero-order chi connectivity index (χ0) is 18.9. The van der Waals surface area contributed by atoms with E-state index in [1.807, 2.05) is 24.3 Å². The molecule has 0 atom stereocenters. The molecule has 27 heavy (non-hydrogen) atoms. The number of nitrogens with one attached hydrogen (secondary N) is 2. The maximum atomic E-state index is 12.1. The Kier molecular flexibility index (Phi) is 6.45. The van der Waals surface area contributed by atoms with Gasteiger partial charge >= 0.3 is 0 Å². The van der Waals surface area contributed by atoms with Gasteiger partial charge in [0.25, 0.3) is 5.56 Å². The molecule has 0 radical (unpaired) electrons. The molecule has 0 aromatic carbocycles. The third-order valence-corrected chi connectivity index (χ3v) is 4.06. The lowest BCUT2D eigenvalue weighted by molar-refractivity contribution is 0.406. The molecule has 0 aliphatic heterocycles. The number of rotatable bonds is 9. The van der Waals surface area contributed by atoms with Crippen LogP contribution >= 0.6 is 0 Å². The number of nitrogens with zero attached hydrogens (tertiary/aromatic N) is 4. The van der Waals surface area contributed by atoms with Gasteiger partial charge < -0.3 is 10.1 Å². The van der Waals surface area contributed by atoms with Crippen LogP contribution in [0.2, 0.25) is 0 Å². The minimum absolute atomic E-state index is 0.241. The van der Waals surface area contributed by atoms with Crippen LogP contribution < -0.4 is 15.6 Å². The SMILES string of the molecule is COc1cccnc1CCCCNc1nnc(Cc2cccnc2)c(=O)[nH]1. The van der Waals surface area contributed by atoms with Gasteiger partial charge in [-0.25, -0.2) is 0 Å². The lowest BCUT2D eigenvalue weighted by Gasteiger charge is -2.07. The highest BCUT2D eigenvalue weighted by atomic mass is 16.5. The van der Waals surface area contributed by atoms with Crippen LogP contribution in [0, 0.1) is 0 Å². The van der Waals surface area contributed by atoms with E-state index in [0.29, 0.717) is 24.6 Å². The predicted octanol–water partition coefficient (Wildman–Crippen LogP) is 1.99. The summed E-state index contributed by atoms with van der Waals surface area (Å²) in [6, 6.07) is 7.50. The number of anilines is 1. The molecule has 0 spiro atoms. The van der Waals surface area contributed by atoms with Crippen LogP contribution in [0.3, 0.4) is 0 Å². The summed E-state index contributed by atoms with van der Waals surface area (Å²) in [6.07, 6.45) is 8.25. The largest absolute Gasteiger partial charge is 0.495 e. The topological polar surface area (TPSA) is 106 Å². The molecule has 0 saturated heterocycles. The van der Waals surface area contributed by atoms with Crippen LogP contribution in [0.1, 0.15) is 29.8 Å². The second-order valence-corrected chi connectivity index (χ2v) is 6.02. The standard InChI is InChI=1S/C19H22N6O2/c1-27-17-8-5-11-21-15(17)7-2-3-10-22-19-23-18(26)16(24-25-19)12-14-6-4-9-20-13-14/h4-6,8-9,11,13H,2-3,7,10,12H2,1H3,(H2,22,23,25,26). The molecule has 3 aromatic heterocycles. The van der Waals surface area contributed by atoms with Crippen molar-refractivity contribution in [3.05, 3.63) is 70.2 Å². The first-order chi connectivity index (χ1) is 13.3. The van der Waals surface area contributed by atoms with Gasteiger partial charge in [0.1, 0.15) is 11.4 Å². The van der Waals surface area contributed by atoms with E-state index in [-0.39, 0.29) is 5.56 Å². The smallest absolute Gasteiger partial charge is 0.274 e. The molecule has 3 aromatic rings. The van der Waals surface area contributed by atoms with Crippen molar-refractivity contribution in [3.63, 3.8) is 0 Å². The molecule has 0 fully saturated rings. The maximum Gasteiger partial charge on any atom is 0.274 e. The third-order valence-electron chi connectivity index (χ3n) is 4.06. The van der Waals surface area contributed by atoms with Crippen molar-refractivity contribution in [2.75, 3.05) is 19.0 Å². The number of hydrogen-bond donors (Lipinski definition) is 2. The van der Waals surface area contributed by atoms with Crippen molar-refractivity contribution in [1.29, 1.82) is 0 Å². The van der Waals surface area contributed by atoms with Crippen molar-refractivity contribution >= 4 is 5.95 Å². The van der Waals surface area contributed by atoms with E-state index in [4.69, 9.17) is 4.74 Å². The number of ether oxygens (including phenoxy) is 1. The lowest BCUT2D eigenvalue weighted by Crippen LogP contribution is -2.20. The van der Waals surface area contributed by atoms with Crippen LogP contribution in [-0.4, -0.2) is 38.8 Å². The predicted molar refractivity (Wildman–Crippen MR) is 102 cm³/mol. The van der Waals surface area contributed by atoms with Gasteiger partial charge in [0.15, 0.2) is 0 Å². The van der Waals surface area contributed by atoms with Crippen molar-refractivity contribution in [1.82, 2.24) is 25.1 Å². The Morgan fingerprint density at radius 2 is 2.00 bits per heavy atom. The van der Waals surface area contributed by atoms with Gasteiger partial charge in [0.05, 0.1) is 12.8 Å². The second-order valence-electron chi connectivity index (χ2n) is 6.02. The van der Waals surface area contributed by atoms with Gasteiger partial charge in [-0.3, -0.25) is 19.7 Å². The number of hydrogen-bond acceptors (Lipinski definition) is 7. The molecular weight excluding hydrogens is 344 g/mol. The molecule has 2 N–H and O–H groups in total. The fourth-order valence-corrected chi connectivity index (χ4v) is 2.67. The summed E-state index contributed by atoms with van der Waals surface area (Å²) in [5.41, 5.74) is 2.00. The summed E-state index contributed by atoms with van der Waals surface area (Å²) in [5, 5.41) is 11.2. The maximum absolute atomic E-state index is 12.1. The molecule has 140 valence electrons. The normalized spacial score (nSPS) is 10.6. The molecule has 0 aliphatic carbocycles. The minimum Gasteiger partial charge on any atom is -0.495 e. The van der Waals surface area contributed by atoms with E-state index in [9.17, 15) is 4.79 Å².